The van der Waals surface area contributed by atoms with Gasteiger partial charge in [-0.25, -0.2) is 0 Å². The number of nitrogens with one attached hydrogen (secondary N) is 2. The second-order valence-corrected chi connectivity index (χ2v) is 4.06. The summed E-state index contributed by atoms with van der Waals surface area (Å²) in [6.45, 7) is 2.51. The summed E-state index contributed by atoms with van der Waals surface area (Å²) in [5.41, 5.74) is 0. The summed E-state index contributed by atoms with van der Waals surface area (Å²) >= 11 is 0. The van der Waals surface area contributed by atoms with E-state index in [1.165, 1.54) is 0 Å². The van der Waals surface area contributed by atoms with Crippen LogP contribution in [0.25, 0.3) is 0 Å². The van der Waals surface area contributed by atoms with Gasteiger partial charge in [0, 0.05) is 13.1 Å². The SMILES string of the molecule is CCNC(=O)C(=O)NC[C@@H](c1ccco1)N(C)C. The third-order valence-electron chi connectivity index (χ3n) is 2.49. The van der Waals surface area contributed by atoms with Crippen molar-refractivity contribution >= 4 is 11.8 Å². The molecule has 1 heterocycles. The predicted molar refractivity (Wildman–Crippen MR) is 66.8 cm³/mol. The fourth-order valence-electron chi connectivity index (χ4n) is 1.53. The molecule has 2 N–H and O–H groups in total. The van der Waals surface area contributed by atoms with Crippen LogP contribution in [0.4, 0.5) is 0 Å². The molecule has 0 unspecified atom stereocenters. The Bertz CT molecular complexity index is 387. The molecule has 2 amide bonds. The van der Waals surface area contributed by atoms with Crippen LogP contribution in [0.3, 0.4) is 0 Å². The van der Waals surface area contributed by atoms with Crippen LogP contribution in [0.2, 0.25) is 0 Å². The minimum absolute atomic E-state index is 0.0987. The van der Waals surface area contributed by atoms with Crippen LogP contribution < -0.4 is 10.6 Å². The van der Waals surface area contributed by atoms with Crippen LogP contribution in [-0.2, 0) is 9.59 Å². The van der Waals surface area contributed by atoms with Gasteiger partial charge in [-0.3, -0.25) is 14.5 Å². The van der Waals surface area contributed by atoms with Crippen molar-refractivity contribution in [2.24, 2.45) is 0 Å². The van der Waals surface area contributed by atoms with Gasteiger partial charge < -0.3 is 15.1 Å². The molecule has 0 fully saturated rings. The maximum Gasteiger partial charge on any atom is 0.309 e. The molecule has 6 nitrogen and oxygen atoms in total. The lowest BCUT2D eigenvalue weighted by molar-refractivity contribution is -0.139. The van der Waals surface area contributed by atoms with E-state index in [9.17, 15) is 9.59 Å². The van der Waals surface area contributed by atoms with E-state index in [2.05, 4.69) is 10.6 Å². The van der Waals surface area contributed by atoms with Gasteiger partial charge in [-0.1, -0.05) is 0 Å². The zero-order valence-electron chi connectivity index (χ0n) is 10.9. The summed E-state index contributed by atoms with van der Waals surface area (Å²) in [4.78, 5) is 24.6. The highest BCUT2D eigenvalue weighted by molar-refractivity contribution is 6.35. The van der Waals surface area contributed by atoms with Gasteiger partial charge in [-0.05, 0) is 33.2 Å². The van der Waals surface area contributed by atoms with Gasteiger partial charge in [0.1, 0.15) is 5.76 Å². The third kappa shape index (κ3) is 3.89. The number of carbonyl (C=O) groups is 2. The zero-order chi connectivity index (χ0) is 13.5. The van der Waals surface area contributed by atoms with E-state index >= 15 is 0 Å². The lowest BCUT2D eigenvalue weighted by Gasteiger charge is -2.22. The summed E-state index contributed by atoms with van der Waals surface area (Å²) in [5, 5.41) is 5.03. The number of carbonyl (C=O) groups excluding carboxylic acids is 2. The average Bonchev–Trinajstić information content (AvgIpc) is 2.82. The van der Waals surface area contributed by atoms with Gasteiger partial charge >= 0.3 is 11.8 Å². The van der Waals surface area contributed by atoms with Crippen molar-refractivity contribution in [3.05, 3.63) is 24.2 Å². The largest absolute Gasteiger partial charge is 0.468 e. The highest BCUT2D eigenvalue weighted by Gasteiger charge is 2.19. The minimum Gasteiger partial charge on any atom is -0.468 e. The van der Waals surface area contributed by atoms with Gasteiger partial charge in [0.25, 0.3) is 0 Å². The van der Waals surface area contributed by atoms with Gasteiger partial charge in [0.15, 0.2) is 0 Å². The van der Waals surface area contributed by atoms with E-state index in [-0.39, 0.29) is 6.04 Å². The van der Waals surface area contributed by atoms with E-state index in [4.69, 9.17) is 4.42 Å². The molecule has 0 aliphatic heterocycles. The molecule has 18 heavy (non-hydrogen) atoms. The molecular weight excluding hydrogens is 234 g/mol. The molecule has 1 atom stereocenters. The first-order chi connectivity index (χ1) is 8.56. The first-order valence-corrected chi connectivity index (χ1v) is 5.82. The van der Waals surface area contributed by atoms with Crippen molar-refractivity contribution in [2.75, 3.05) is 27.2 Å². The van der Waals surface area contributed by atoms with Crippen molar-refractivity contribution in [3.8, 4) is 0 Å². The number of hydrogen-bond acceptors (Lipinski definition) is 4. The fraction of sp³-hybridized carbons (Fsp3) is 0.500. The van der Waals surface area contributed by atoms with E-state index < -0.39 is 11.8 Å². The lowest BCUT2D eigenvalue weighted by atomic mass is 10.2. The van der Waals surface area contributed by atoms with Crippen molar-refractivity contribution < 1.29 is 14.0 Å². The molecule has 1 rings (SSSR count). The van der Waals surface area contributed by atoms with Crippen molar-refractivity contribution in [2.45, 2.75) is 13.0 Å². The molecule has 0 bridgehead atoms. The number of furan rings is 1. The lowest BCUT2D eigenvalue weighted by Crippen LogP contribution is -2.42. The molecular formula is C12H19N3O3. The maximum atomic E-state index is 11.5. The highest BCUT2D eigenvalue weighted by atomic mass is 16.3. The quantitative estimate of drug-likeness (QED) is 0.732. The summed E-state index contributed by atoms with van der Waals surface area (Å²) in [6, 6.07) is 3.53. The Morgan fingerprint density at radius 3 is 2.50 bits per heavy atom. The van der Waals surface area contributed by atoms with E-state index in [0.717, 1.165) is 5.76 Å². The normalized spacial score (nSPS) is 12.2. The van der Waals surface area contributed by atoms with Crippen molar-refractivity contribution in [1.29, 1.82) is 0 Å². The van der Waals surface area contributed by atoms with Crippen LogP contribution in [0, 0.1) is 0 Å². The predicted octanol–water partition coefficient (Wildman–Crippen LogP) is 0.135. The second-order valence-electron chi connectivity index (χ2n) is 4.06. The van der Waals surface area contributed by atoms with Gasteiger partial charge in [-0.2, -0.15) is 0 Å². The smallest absolute Gasteiger partial charge is 0.309 e. The maximum absolute atomic E-state index is 11.5. The molecule has 0 spiro atoms. The number of nitrogens with zero attached hydrogens (tertiary/aromatic N) is 1. The van der Waals surface area contributed by atoms with Gasteiger partial charge in [-0.15, -0.1) is 0 Å². The Balaban J connectivity index is 2.54. The first-order valence-electron chi connectivity index (χ1n) is 5.82. The summed E-state index contributed by atoms with van der Waals surface area (Å²) in [5.74, 6) is -0.499. The van der Waals surface area contributed by atoms with E-state index in [1.807, 2.05) is 25.1 Å². The van der Waals surface area contributed by atoms with Crippen molar-refractivity contribution in [3.63, 3.8) is 0 Å². The zero-order valence-corrected chi connectivity index (χ0v) is 10.9. The second kappa shape index (κ2) is 6.80. The standard InChI is InChI=1S/C12H19N3O3/c1-4-13-11(16)12(17)14-8-9(15(2)3)10-6-5-7-18-10/h5-7,9H,4,8H2,1-3H3,(H,13,16)(H,14,17)/t9-/m0/s1. The number of rotatable bonds is 5. The van der Waals surface area contributed by atoms with Crippen LogP contribution in [-0.4, -0.2) is 43.9 Å². The summed E-state index contributed by atoms with van der Waals surface area (Å²) < 4.78 is 5.30. The molecule has 0 aliphatic rings. The Kier molecular flexibility index (Phi) is 5.38. The topological polar surface area (TPSA) is 74.6 Å². The average molecular weight is 253 g/mol. The molecule has 1 aromatic heterocycles. The van der Waals surface area contributed by atoms with E-state index in [1.54, 1.807) is 19.3 Å². The molecule has 0 aromatic carbocycles. The van der Waals surface area contributed by atoms with Crippen molar-refractivity contribution in [1.82, 2.24) is 15.5 Å². The summed E-state index contributed by atoms with van der Waals surface area (Å²) in [7, 11) is 3.76. The number of amides is 2. The van der Waals surface area contributed by atoms with E-state index in [0.29, 0.717) is 13.1 Å². The van der Waals surface area contributed by atoms with Crippen LogP contribution in [0.1, 0.15) is 18.7 Å². The Labute approximate surface area is 106 Å². The Morgan fingerprint density at radius 1 is 1.33 bits per heavy atom. The van der Waals surface area contributed by atoms with Crippen LogP contribution in [0.15, 0.2) is 22.8 Å². The molecule has 100 valence electrons. The van der Waals surface area contributed by atoms with Gasteiger partial charge in [0.2, 0.25) is 0 Å². The molecule has 0 saturated heterocycles. The van der Waals surface area contributed by atoms with Crippen LogP contribution >= 0.6 is 0 Å². The molecule has 1 aromatic rings. The van der Waals surface area contributed by atoms with Gasteiger partial charge in [0.05, 0.1) is 12.3 Å². The first kappa shape index (κ1) is 14.2. The monoisotopic (exact) mass is 253 g/mol. The minimum atomic E-state index is -0.629. The number of hydrogen-bond donors (Lipinski definition) is 2. The third-order valence-corrected chi connectivity index (χ3v) is 2.49. The highest BCUT2D eigenvalue weighted by Crippen LogP contribution is 2.17. The Morgan fingerprint density at radius 2 is 2.00 bits per heavy atom. The fourth-order valence-corrected chi connectivity index (χ4v) is 1.53. The number of likely N-dealkylation sites (N-methyl/N-ethyl adjacent to an activating group) is 2. The molecule has 0 saturated carbocycles. The summed E-state index contributed by atoms with van der Waals surface area (Å²) in [6.07, 6.45) is 1.58. The Hall–Kier alpha value is -1.82. The molecule has 0 radical (unpaired) electrons. The molecule has 0 aliphatic carbocycles. The molecule has 6 heteroatoms. The van der Waals surface area contributed by atoms with Crippen LogP contribution in [0.5, 0.6) is 0 Å².